The predicted molar refractivity (Wildman–Crippen MR) is 116 cm³/mol. The first kappa shape index (κ1) is 21.1. The van der Waals surface area contributed by atoms with Gasteiger partial charge in [-0.05, 0) is 23.6 Å². The van der Waals surface area contributed by atoms with Gasteiger partial charge in [0.25, 0.3) is 11.8 Å². The van der Waals surface area contributed by atoms with Crippen molar-refractivity contribution in [1.82, 2.24) is 15.2 Å². The molecule has 0 spiro atoms. The van der Waals surface area contributed by atoms with Crippen LogP contribution >= 0.6 is 34.5 Å². The van der Waals surface area contributed by atoms with Crippen LogP contribution in [0.2, 0.25) is 9.36 Å². The van der Waals surface area contributed by atoms with Gasteiger partial charge in [-0.3, -0.25) is 9.59 Å². The maximum Gasteiger partial charge on any atom is 0.268 e. The minimum absolute atomic E-state index is 0.336. The maximum absolute atomic E-state index is 12.9. The summed E-state index contributed by atoms with van der Waals surface area (Å²) in [6.45, 7) is -0.670. The van der Waals surface area contributed by atoms with Gasteiger partial charge in [-0.25, -0.2) is 0 Å². The molecule has 4 N–H and O–H groups in total. The number of nitrogens with zero attached hydrogens (tertiary/aromatic N) is 1. The van der Waals surface area contributed by atoms with E-state index in [1.54, 1.807) is 13.1 Å². The fourth-order valence-electron chi connectivity index (χ4n) is 3.92. The molecule has 7 nitrogen and oxygen atoms in total. The van der Waals surface area contributed by atoms with Gasteiger partial charge < -0.3 is 25.4 Å². The summed E-state index contributed by atoms with van der Waals surface area (Å²) in [7, 11) is 1.56. The largest absolute Gasteiger partial charge is 0.393 e. The lowest BCUT2D eigenvalue weighted by molar-refractivity contribution is -0.143. The van der Waals surface area contributed by atoms with E-state index in [9.17, 15) is 14.7 Å². The van der Waals surface area contributed by atoms with Crippen molar-refractivity contribution in [2.24, 2.45) is 0 Å². The summed E-state index contributed by atoms with van der Waals surface area (Å²) in [4.78, 5) is 29.8. The van der Waals surface area contributed by atoms with E-state index in [2.05, 4.69) is 10.3 Å². The number of nitrogens with one attached hydrogen (secondary N) is 2. The molecule has 0 saturated heterocycles. The molecule has 1 aliphatic carbocycles. The van der Waals surface area contributed by atoms with Crippen molar-refractivity contribution in [3.05, 3.63) is 56.5 Å². The Bertz CT molecular complexity index is 1130. The number of aromatic nitrogens is 1. The standard InChI is InChI=1S/C20H19Cl2N3O4S/c1-25(20(29)13(27)8-26)17-10-5-3-2-4-9(10)6-11(17)24-19(28)12-7-14-16(23-12)15(21)18(22)30-14/h2-5,7,11,13,17,23,26-27H,6,8H2,1H3,(H,24,28)/t11-,13+,17+/m1/s1. The summed E-state index contributed by atoms with van der Waals surface area (Å²) in [6.07, 6.45) is -0.984. The van der Waals surface area contributed by atoms with Crippen molar-refractivity contribution < 1.29 is 19.8 Å². The van der Waals surface area contributed by atoms with Gasteiger partial charge in [0.15, 0.2) is 6.10 Å². The van der Waals surface area contributed by atoms with Gasteiger partial charge >= 0.3 is 0 Å². The van der Waals surface area contributed by atoms with E-state index in [-0.39, 0.29) is 5.91 Å². The topological polar surface area (TPSA) is 106 Å². The van der Waals surface area contributed by atoms with E-state index in [0.717, 1.165) is 15.8 Å². The van der Waals surface area contributed by atoms with E-state index in [4.69, 9.17) is 28.3 Å². The van der Waals surface area contributed by atoms with Crippen molar-refractivity contribution in [2.45, 2.75) is 24.6 Å². The molecule has 0 bridgehead atoms. The first-order valence-electron chi connectivity index (χ1n) is 9.22. The van der Waals surface area contributed by atoms with Gasteiger partial charge in [0.1, 0.15) is 10.0 Å². The number of aliphatic hydroxyl groups excluding tert-OH is 2. The Hall–Kier alpha value is -2.10. The van der Waals surface area contributed by atoms with E-state index >= 15 is 0 Å². The molecule has 3 aromatic rings. The number of carbonyl (C=O) groups is 2. The monoisotopic (exact) mass is 467 g/mol. The Balaban J connectivity index is 1.61. The Labute approximate surface area is 186 Å². The normalized spacial score (nSPS) is 19.0. The quantitative estimate of drug-likeness (QED) is 0.462. The molecule has 2 amide bonds. The zero-order valence-corrected chi connectivity index (χ0v) is 18.2. The highest BCUT2D eigenvalue weighted by atomic mass is 35.5. The van der Waals surface area contributed by atoms with Crippen LogP contribution < -0.4 is 5.32 Å². The van der Waals surface area contributed by atoms with Crippen molar-refractivity contribution >= 4 is 56.6 Å². The number of fused-ring (bicyclic) bond motifs is 2. The summed E-state index contributed by atoms with van der Waals surface area (Å²) in [5.74, 6) is -0.947. The highest BCUT2D eigenvalue weighted by molar-refractivity contribution is 7.23. The number of amides is 2. The zero-order chi connectivity index (χ0) is 21.6. The van der Waals surface area contributed by atoms with E-state index in [1.807, 2.05) is 24.3 Å². The molecule has 0 unspecified atom stereocenters. The van der Waals surface area contributed by atoms with Gasteiger partial charge in [-0.2, -0.15) is 0 Å². The molecule has 1 aliphatic rings. The first-order chi connectivity index (χ1) is 14.3. The number of aromatic amines is 1. The lowest BCUT2D eigenvalue weighted by Gasteiger charge is -2.32. The van der Waals surface area contributed by atoms with Gasteiger partial charge in [0.2, 0.25) is 0 Å². The minimum atomic E-state index is -1.51. The molecule has 0 aliphatic heterocycles. The smallest absolute Gasteiger partial charge is 0.268 e. The molecular weight excluding hydrogens is 449 g/mol. The van der Waals surface area contributed by atoms with Crippen LogP contribution in [0, 0.1) is 0 Å². The average molecular weight is 468 g/mol. The second kappa shape index (κ2) is 8.20. The second-order valence-electron chi connectivity index (χ2n) is 7.19. The number of hydrogen-bond acceptors (Lipinski definition) is 5. The highest BCUT2D eigenvalue weighted by Crippen LogP contribution is 2.39. The molecule has 1 aromatic carbocycles. The van der Waals surface area contributed by atoms with E-state index in [0.29, 0.717) is 27.0 Å². The third kappa shape index (κ3) is 3.59. The number of H-pyrrole nitrogens is 1. The lowest BCUT2D eigenvalue weighted by Crippen LogP contribution is -2.48. The Kier molecular flexibility index (Phi) is 5.78. The van der Waals surface area contributed by atoms with Crippen LogP contribution in [0.5, 0.6) is 0 Å². The van der Waals surface area contributed by atoms with Crippen LogP contribution in [0.4, 0.5) is 0 Å². The van der Waals surface area contributed by atoms with Crippen molar-refractivity contribution in [3.8, 4) is 0 Å². The maximum atomic E-state index is 12.9. The second-order valence-corrected chi connectivity index (χ2v) is 9.22. The number of carbonyl (C=O) groups excluding carboxylic acids is 2. The third-order valence-electron chi connectivity index (χ3n) is 5.35. The van der Waals surface area contributed by atoms with Crippen LogP contribution in [0.25, 0.3) is 10.2 Å². The van der Waals surface area contributed by atoms with Gasteiger partial charge in [0, 0.05) is 7.05 Å². The fourth-order valence-corrected chi connectivity index (χ4v) is 5.40. The summed E-state index contributed by atoms with van der Waals surface area (Å²) in [6, 6.07) is 8.41. The molecule has 2 heterocycles. The third-order valence-corrected chi connectivity index (χ3v) is 7.28. The van der Waals surface area contributed by atoms with Crippen LogP contribution in [-0.4, -0.2) is 57.7 Å². The number of likely N-dealkylation sites (N-methyl/N-ethyl adjacent to an activating group) is 1. The van der Waals surface area contributed by atoms with Crippen molar-refractivity contribution in [1.29, 1.82) is 0 Å². The lowest BCUT2D eigenvalue weighted by atomic mass is 10.0. The van der Waals surface area contributed by atoms with Crippen molar-refractivity contribution in [3.63, 3.8) is 0 Å². The van der Waals surface area contributed by atoms with Crippen LogP contribution in [0.15, 0.2) is 30.3 Å². The number of rotatable bonds is 5. The molecular formula is C20H19Cl2N3O4S. The molecule has 10 heteroatoms. The van der Waals surface area contributed by atoms with Gasteiger partial charge in [0.05, 0.1) is 33.9 Å². The molecule has 4 rings (SSSR count). The first-order valence-corrected chi connectivity index (χ1v) is 10.8. The molecule has 2 aromatic heterocycles. The van der Waals surface area contributed by atoms with E-state index < -0.39 is 30.7 Å². The molecule has 30 heavy (non-hydrogen) atoms. The molecule has 3 atom stereocenters. The molecule has 158 valence electrons. The SMILES string of the molecule is CN(C(=O)[C@@H](O)CO)[C@H]1c2ccccc2C[C@H]1NC(=O)c1cc2sc(Cl)c(Cl)c2[nH]1. The summed E-state index contributed by atoms with van der Waals surface area (Å²) in [5, 5.41) is 22.3. The summed E-state index contributed by atoms with van der Waals surface area (Å²) >= 11 is 13.5. The Morgan fingerprint density at radius 1 is 1.37 bits per heavy atom. The fraction of sp³-hybridized carbons (Fsp3) is 0.300. The molecule has 0 saturated carbocycles. The summed E-state index contributed by atoms with van der Waals surface area (Å²) in [5.41, 5.74) is 2.86. The average Bonchev–Trinajstić information content (AvgIpc) is 3.39. The van der Waals surface area contributed by atoms with Crippen LogP contribution in [0.3, 0.4) is 0 Å². The number of hydrogen-bond donors (Lipinski definition) is 4. The summed E-state index contributed by atoms with van der Waals surface area (Å²) < 4.78 is 1.23. The highest BCUT2D eigenvalue weighted by Gasteiger charge is 2.39. The number of halogens is 2. The van der Waals surface area contributed by atoms with Gasteiger partial charge in [-0.15, -0.1) is 11.3 Å². The Morgan fingerprint density at radius 3 is 2.80 bits per heavy atom. The molecule has 0 radical (unpaired) electrons. The zero-order valence-electron chi connectivity index (χ0n) is 15.9. The van der Waals surface area contributed by atoms with Crippen molar-refractivity contribution in [2.75, 3.05) is 13.7 Å². The van der Waals surface area contributed by atoms with Gasteiger partial charge in [-0.1, -0.05) is 47.5 Å². The Morgan fingerprint density at radius 2 is 2.10 bits per heavy atom. The van der Waals surface area contributed by atoms with Crippen LogP contribution in [-0.2, 0) is 11.2 Å². The van der Waals surface area contributed by atoms with Crippen LogP contribution in [0.1, 0.15) is 27.7 Å². The number of benzene rings is 1. The minimum Gasteiger partial charge on any atom is -0.393 e. The predicted octanol–water partition coefficient (Wildman–Crippen LogP) is 2.74. The number of aliphatic hydroxyl groups is 2. The number of thiophene rings is 1. The molecule has 0 fully saturated rings. The van der Waals surface area contributed by atoms with E-state index in [1.165, 1.54) is 16.2 Å².